The Morgan fingerprint density at radius 3 is 2.90 bits per heavy atom. The van der Waals surface area contributed by atoms with Gasteiger partial charge in [0.15, 0.2) is 5.79 Å². The van der Waals surface area contributed by atoms with Crippen LogP contribution >= 0.6 is 0 Å². The van der Waals surface area contributed by atoms with Gasteiger partial charge in [0.1, 0.15) is 0 Å². The highest BCUT2D eigenvalue weighted by molar-refractivity contribution is 5.79. The highest BCUT2D eigenvalue weighted by Gasteiger charge is 2.48. The van der Waals surface area contributed by atoms with Crippen molar-refractivity contribution in [3.63, 3.8) is 0 Å². The summed E-state index contributed by atoms with van der Waals surface area (Å²) in [5, 5.41) is 6.48. The van der Waals surface area contributed by atoms with E-state index in [-0.39, 0.29) is 17.6 Å². The van der Waals surface area contributed by atoms with Crippen LogP contribution in [0.25, 0.3) is 0 Å². The molecule has 2 N–H and O–H groups in total. The van der Waals surface area contributed by atoms with E-state index < -0.39 is 5.79 Å². The van der Waals surface area contributed by atoms with Gasteiger partial charge in [0.2, 0.25) is 5.91 Å². The van der Waals surface area contributed by atoms with Gasteiger partial charge in [0.25, 0.3) is 0 Å². The fourth-order valence-electron chi connectivity index (χ4n) is 3.35. The van der Waals surface area contributed by atoms with Crippen LogP contribution in [-0.2, 0) is 14.3 Å². The van der Waals surface area contributed by atoms with E-state index in [1.807, 2.05) is 0 Å². The van der Waals surface area contributed by atoms with Gasteiger partial charge in [0, 0.05) is 36.2 Å². The minimum absolute atomic E-state index is 0.0775. The molecule has 1 saturated heterocycles. The Labute approximate surface area is 126 Å². The van der Waals surface area contributed by atoms with E-state index in [0.29, 0.717) is 13.0 Å². The second-order valence-electron chi connectivity index (χ2n) is 7.29. The summed E-state index contributed by atoms with van der Waals surface area (Å²) in [5.74, 6) is -0.458. The summed E-state index contributed by atoms with van der Waals surface area (Å²) >= 11 is 0. The van der Waals surface area contributed by atoms with Crippen LogP contribution in [0.3, 0.4) is 0 Å². The molecule has 2 heterocycles. The second kappa shape index (κ2) is 5.38. The molecular formula is C16H26N2O3. The third-order valence-corrected chi connectivity index (χ3v) is 4.37. The van der Waals surface area contributed by atoms with Gasteiger partial charge in [0.05, 0.1) is 12.7 Å². The molecule has 2 unspecified atom stereocenters. The van der Waals surface area contributed by atoms with Crippen molar-refractivity contribution in [3.8, 4) is 0 Å². The summed E-state index contributed by atoms with van der Waals surface area (Å²) in [5.41, 5.74) is 2.29. The number of fused-ring (bicyclic) bond motifs is 1. The quantitative estimate of drug-likeness (QED) is 0.816. The maximum atomic E-state index is 11.6. The molecule has 0 aromatic rings. The van der Waals surface area contributed by atoms with Crippen molar-refractivity contribution in [2.45, 2.75) is 70.3 Å². The molecule has 1 spiro atoms. The van der Waals surface area contributed by atoms with Crippen LogP contribution in [0.5, 0.6) is 0 Å². The zero-order valence-corrected chi connectivity index (χ0v) is 13.3. The predicted molar refractivity (Wildman–Crippen MR) is 79.6 cm³/mol. The monoisotopic (exact) mass is 294 g/mol. The molecule has 1 fully saturated rings. The van der Waals surface area contributed by atoms with E-state index >= 15 is 0 Å². The van der Waals surface area contributed by atoms with Gasteiger partial charge < -0.3 is 20.1 Å². The minimum atomic E-state index is -0.578. The van der Waals surface area contributed by atoms with Gasteiger partial charge >= 0.3 is 0 Å². The van der Waals surface area contributed by atoms with E-state index in [4.69, 9.17) is 9.47 Å². The molecule has 3 aliphatic rings. The molecule has 118 valence electrons. The third kappa shape index (κ3) is 3.15. The fraction of sp³-hybridized carbons (Fsp3) is 0.812. The van der Waals surface area contributed by atoms with Gasteiger partial charge in [-0.15, -0.1) is 0 Å². The van der Waals surface area contributed by atoms with Crippen LogP contribution in [0.15, 0.2) is 11.3 Å². The van der Waals surface area contributed by atoms with Gasteiger partial charge in [-0.3, -0.25) is 4.79 Å². The van der Waals surface area contributed by atoms with Crippen molar-refractivity contribution in [2.75, 3.05) is 13.2 Å². The summed E-state index contributed by atoms with van der Waals surface area (Å²) in [6.45, 7) is 7.86. The normalized spacial score (nSPS) is 33.3. The maximum absolute atomic E-state index is 11.6. The fourth-order valence-corrected chi connectivity index (χ4v) is 3.35. The van der Waals surface area contributed by atoms with Crippen LogP contribution < -0.4 is 10.6 Å². The number of carbonyl (C=O) groups is 1. The molecule has 5 heteroatoms. The SMILES string of the molecule is CC(C)(C)NCC1COC2(CCCC3=C2CCC(=O)N3)O1. The highest BCUT2D eigenvalue weighted by Crippen LogP contribution is 2.44. The van der Waals surface area contributed by atoms with Crippen molar-refractivity contribution in [1.82, 2.24) is 10.6 Å². The molecule has 0 radical (unpaired) electrons. The van der Waals surface area contributed by atoms with Crippen LogP contribution in [-0.4, -0.2) is 36.5 Å². The van der Waals surface area contributed by atoms with Gasteiger partial charge in [-0.2, -0.15) is 0 Å². The van der Waals surface area contributed by atoms with Crippen molar-refractivity contribution in [3.05, 3.63) is 11.3 Å². The second-order valence-corrected chi connectivity index (χ2v) is 7.29. The molecule has 2 atom stereocenters. The molecule has 0 bridgehead atoms. The van der Waals surface area contributed by atoms with E-state index in [0.717, 1.165) is 37.9 Å². The van der Waals surface area contributed by atoms with Crippen LogP contribution in [0.1, 0.15) is 52.9 Å². The number of carbonyl (C=O) groups excluding carboxylic acids is 1. The van der Waals surface area contributed by atoms with E-state index in [2.05, 4.69) is 31.4 Å². The van der Waals surface area contributed by atoms with Crippen molar-refractivity contribution in [1.29, 1.82) is 0 Å². The first-order chi connectivity index (χ1) is 9.88. The minimum Gasteiger partial charge on any atom is -0.343 e. The van der Waals surface area contributed by atoms with Crippen LogP contribution in [0.2, 0.25) is 0 Å². The van der Waals surface area contributed by atoms with E-state index in [1.165, 1.54) is 5.57 Å². The van der Waals surface area contributed by atoms with Crippen LogP contribution in [0.4, 0.5) is 0 Å². The molecule has 0 saturated carbocycles. The molecule has 1 aliphatic carbocycles. The topological polar surface area (TPSA) is 59.6 Å². The Kier molecular flexibility index (Phi) is 3.84. The Hall–Kier alpha value is -0.910. The number of nitrogens with one attached hydrogen (secondary N) is 2. The Morgan fingerprint density at radius 2 is 2.14 bits per heavy atom. The summed E-state index contributed by atoms with van der Waals surface area (Å²) in [7, 11) is 0. The summed E-state index contributed by atoms with van der Waals surface area (Å²) in [6.07, 6.45) is 4.21. The molecular weight excluding hydrogens is 268 g/mol. The Morgan fingerprint density at radius 1 is 1.33 bits per heavy atom. The van der Waals surface area contributed by atoms with Gasteiger partial charge in [-0.05, 0) is 40.0 Å². The molecule has 0 aromatic carbocycles. The average molecular weight is 294 g/mol. The molecule has 2 aliphatic heterocycles. The summed E-state index contributed by atoms with van der Waals surface area (Å²) < 4.78 is 12.4. The van der Waals surface area contributed by atoms with Gasteiger partial charge in [-0.1, -0.05) is 0 Å². The van der Waals surface area contributed by atoms with Crippen molar-refractivity contribution < 1.29 is 14.3 Å². The summed E-state index contributed by atoms with van der Waals surface area (Å²) in [6, 6.07) is 0. The average Bonchev–Trinajstić information content (AvgIpc) is 2.80. The smallest absolute Gasteiger partial charge is 0.224 e. The molecule has 5 nitrogen and oxygen atoms in total. The lowest BCUT2D eigenvalue weighted by atomic mass is 9.85. The predicted octanol–water partition coefficient (Wildman–Crippen LogP) is 1.83. The number of allylic oxidation sites excluding steroid dienone is 1. The number of ether oxygens (including phenoxy) is 2. The zero-order chi connectivity index (χ0) is 15.1. The van der Waals surface area contributed by atoms with Crippen molar-refractivity contribution >= 4 is 5.91 Å². The van der Waals surface area contributed by atoms with E-state index in [9.17, 15) is 4.79 Å². The molecule has 3 rings (SSSR count). The Bertz CT molecular complexity index is 467. The number of amides is 1. The van der Waals surface area contributed by atoms with E-state index in [1.54, 1.807) is 0 Å². The number of rotatable bonds is 2. The maximum Gasteiger partial charge on any atom is 0.224 e. The first-order valence-electron chi connectivity index (χ1n) is 7.97. The lowest BCUT2D eigenvalue weighted by Crippen LogP contribution is -2.45. The summed E-state index contributed by atoms with van der Waals surface area (Å²) in [4.78, 5) is 11.6. The molecule has 21 heavy (non-hydrogen) atoms. The zero-order valence-electron chi connectivity index (χ0n) is 13.3. The first-order valence-corrected chi connectivity index (χ1v) is 7.97. The van der Waals surface area contributed by atoms with Gasteiger partial charge in [-0.25, -0.2) is 0 Å². The van der Waals surface area contributed by atoms with Crippen molar-refractivity contribution in [2.24, 2.45) is 0 Å². The molecule has 1 amide bonds. The lowest BCUT2D eigenvalue weighted by molar-refractivity contribution is -0.152. The molecule has 0 aromatic heterocycles. The first kappa shape index (κ1) is 15.0. The standard InChI is InChI=1S/C16H26N2O3/c1-15(2,3)17-9-11-10-20-16(21-11)8-4-5-13-12(16)6-7-14(19)18-13/h11,17H,4-10H2,1-3H3,(H,18,19). The highest BCUT2D eigenvalue weighted by atomic mass is 16.7. The lowest BCUT2D eigenvalue weighted by Gasteiger charge is -2.38. The Balaban J connectivity index is 1.71. The van der Waals surface area contributed by atoms with Crippen LogP contribution in [0, 0.1) is 0 Å². The third-order valence-electron chi connectivity index (χ3n) is 4.37. The number of hydrogen-bond donors (Lipinski definition) is 2. The number of hydrogen-bond acceptors (Lipinski definition) is 4. The largest absolute Gasteiger partial charge is 0.343 e.